The van der Waals surface area contributed by atoms with Gasteiger partial charge in [0.2, 0.25) is 0 Å². The molecule has 3 N–H and O–H groups in total. The third-order valence-electron chi connectivity index (χ3n) is 2.78. The highest BCUT2D eigenvalue weighted by atomic mass is 15.2. The fourth-order valence-electron chi connectivity index (χ4n) is 2.00. The topological polar surface area (TPSA) is 75.1 Å². The summed E-state index contributed by atoms with van der Waals surface area (Å²) >= 11 is 0. The average molecular weight is 233 g/mol. The number of fused-ring (bicyclic) bond motifs is 1. The predicted molar refractivity (Wildman–Crippen MR) is 71.7 cm³/mol. The lowest BCUT2D eigenvalue weighted by atomic mass is 10.0. The molecule has 0 spiro atoms. The van der Waals surface area contributed by atoms with Gasteiger partial charge in [0.1, 0.15) is 12.0 Å². The molecular formula is C12H19N5. The fourth-order valence-corrected chi connectivity index (χ4v) is 2.00. The minimum Gasteiger partial charge on any atom is -0.387 e. The number of amidine groups is 2. The van der Waals surface area contributed by atoms with Gasteiger partial charge in [0.15, 0.2) is 5.84 Å². The number of hydrogen-bond donors (Lipinski definition) is 2. The standard InChI is InChI=1S/C12H19N5/c1-6(2)11-16-9-8(5-14-12(9)17-11)10(13)15-7(3)4/h7-8,12,14H,1,5H2,2-4H3,(H2,13,15). The second-order valence-electron chi connectivity index (χ2n) is 4.78. The van der Waals surface area contributed by atoms with Crippen molar-refractivity contribution in [1.82, 2.24) is 5.32 Å². The lowest BCUT2D eigenvalue weighted by Gasteiger charge is -2.10. The van der Waals surface area contributed by atoms with Gasteiger partial charge in [-0.05, 0) is 26.3 Å². The minimum atomic E-state index is -0.0346. The summed E-state index contributed by atoms with van der Waals surface area (Å²) in [5.41, 5.74) is 7.87. The number of nitrogens with zero attached hydrogens (tertiary/aromatic N) is 3. The molecule has 17 heavy (non-hydrogen) atoms. The van der Waals surface area contributed by atoms with E-state index in [2.05, 4.69) is 26.9 Å². The monoisotopic (exact) mass is 233 g/mol. The molecule has 5 nitrogen and oxygen atoms in total. The van der Waals surface area contributed by atoms with Crippen LogP contribution in [0.2, 0.25) is 0 Å². The van der Waals surface area contributed by atoms with E-state index < -0.39 is 0 Å². The molecule has 1 saturated heterocycles. The maximum absolute atomic E-state index is 6.01. The molecule has 92 valence electrons. The van der Waals surface area contributed by atoms with Crippen LogP contribution in [0.1, 0.15) is 20.8 Å². The van der Waals surface area contributed by atoms with Crippen molar-refractivity contribution < 1.29 is 0 Å². The summed E-state index contributed by atoms with van der Waals surface area (Å²) in [5, 5.41) is 3.29. The Morgan fingerprint density at radius 3 is 2.88 bits per heavy atom. The highest BCUT2D eigenvalue weighted by molar-refractivity contribution is 6.19. The summed E-state index contributed by atoms with van der Waals surface area (Å²) in [7, 11) is 0. The Labute approximate surface area is 102 Å². The van der Waals surface area contributed by atoms with E-state index in [1.807, 2.05) is 20.8 Å². The van der Waals surface area contributed by atoms with Crippen LogP contribution in [0.25, 0.3) is 0 Å². The Kier molecular flexibility index (Phi) is 3.11. The van der Waals surface area contributed by atoms with E-state index in [0.717, 1.165) is 23.7 Å². The van der Waals surface area contributed by atoms with E-state index in [-0.39, 0.29) is 18.1 Å². The molecule has 0 aliphatic carbocycles. The van der Waals surface area contributed by atoms with E-state index in [0.29, 0.717) is 5.84 Å². The van der Waals surface area contributed by atoms with Gasteiger partial charge in [-0.1, -0.05) is 6.58 Å². The van der Waals surface area contributed by atoms with Crippen LogP contribution in [0.4, 0.5) is 0 Å². The Morgan fingerprint density at radius 1 is 1.59 bits per heavy atom. The van der Waals surface area contributed by atoms with Crippen molar-refractivity contribution in [3.05, 3.63) is 12.2 Å². The van der Waals surface area contributed by atoms with Crippen molar-refractivity contribution in [3.8, 4) is 0 Å². The normalized spacial score (nSPS) is 28.1. The van der Waals surface area contributed by atoms with Crippen LogP contribution in [-0.4, -0.2) is 36.1 Å². The van der Waals surface area contributed by atoms with Gasteiger partial charge in [-0.3, -0.25) is 10.3 Å². The first-order chi connectivity index (χ1) is 7.99. The summed E-state index contributed by atoms with van der Waals surface area (Å²) in [6, 6.07) is 0.206. The highest BCUT2D eigenvalue weighted by Gasteiger charge is 2.37. The zero-order valence-electron chi connectivity index (χ0n) is 10.6. The molecule has 2 rings (SSSR count). The van der Waals surface area contributed by atoms with E-state index in [4.69, 9.17) is 5.73 Å². The van der Waals surface area contributed by atoms with Crippen LogP contribution < -0.4 is 11.1 Å². The highest BCUT2D eigenvalue weighted by Crippen LogP contribution is 2.20. The Balaban J connectivity index is 2.20. The molecule has 0 amide bonds. The van der Waals surface area contributed by atoms with Gasteiger partial charge in [-0.25, -0.2) is 9.98 Å². The molecule has 2 heterocycles. The molecule has 0 aromatic heterocycles. The van der Waals surface area contributed by atoms with Crippen molar-refractivity contribution in [3.63, 3.8) is 0 Å². The zero-order chi connectivity index (χ0) is 12.6. The Morgan fingerprint density at radius 2 is 2.29 bits per heavy atom. The van der Waals surface area contributed by atoms with Crippen molar-refractivity contribution in [1.29, 1.82) is 0 Å². The SMILES string of the molecule is C=C(C)C1=NC2NCC(C(N)=NC(C)C)C2=N1. The third-order valence-corrected chi connectivity index (χ3v) is 2.78. The Bertz CT molecular complexity index is 430. The minimum absolute atomic E-state index is 0.0346. The van der Waals surface area contributed by atoms with Crippen molar-refractivity contribution in [2.75, 3.05) is 6.54 Å². The molecule has 5 heteroatoms. The summed E-state index contributed by atoms with van der Waals surface area (Å²) < 4.78 is 0. The van der Waals surface area contributed by atoms with Crippen LogP contribution in [0, 0.1) is 5.92 Å². The Hall–Kier alpha value is -1.49. The van der Waals surface area contributed by atoms with E-state index in [1.165, 1.54) is 0 Å². The lowest BCUT2D eigenvalue weighted by molar-refractivity contribution is 0.700. The summed E-state index contributed by atoms with van der Waals surface area (Å²) in [5.74, 6) is 1.44. The van der Waals surface area contributed by atoms with Gasteiger partial charge in [-0.2, -0.15) is 0 Å². The molecule has 2 aliphatic rings. The molecule has 2 atom stereocenters. The molecule has 0 radical (unpaired) electrons. The first-order valence-corrected chi connectivity index (χ1v) is 5.87. The van der Waals surface area contributed by atoms with E-state index in [9.17, 15) is 0 Å². The van der Waals surface area contributed by atoms with Gasteiger partial charge >= 0.3 is 0 Å². The molecule has 2 aliphatic heterocycles. The smallest absolute Gasteiger partial charge is 0.151 e. The molecule has 1 fully saturated rings. The summed E-state index contributed by atoms with van der Waals surface area (Å²) in [4.78, 5) is 13.3. The first-order valence-electron chi connectivity index (χ1n) is 5.87. The first kappa shape index (κ1) is 12.0. The molecule has 0 saturated carbocycles. The number of rotatable bonds is 3. The van der Waals surface area contributed by atoms with Crippen molar-refractivity contribution >= 4 is 17.4 Å². The van der Waals surface area contributed by atoms with Gasteiger partial charge < -0.3 is 5.73 Å². The van der Waals surface area contributed by atoms with Crippen LogP contribution in [0.5, 0.6) is 0 Å². The zero-order valence-corrected chi connectivity index (χ0v) is 10.6. The number of nitrogens with one attached hydrogen (secondary N) is 1. The lowest BCUT2D eigenvalue weighted by Crippen LogP contribution is -2.31. The second kappa shape index (κ2) is 4.41. The van der Waals surface area contributed by atoms with Crippen LogP contribution >= 0.6 is 0 Å². The number of hydrogen-bond acceptors (Lipinski definition) is 4. The van der Waals surface area contributed by atoms with Crippen molar-refractivity contribution in [2.24, 2.45) is 26.6 Å². The van der Waals surface area contributed by atoms with Gasteiger partial charge in [0, 0.05) is 12.6 Å². The maximum atomic E-state index is 6.01. The van der Waals surface area contributed by atoms with Gasteiger partial charge in [0.25, 0.3) is 0 Å². The molecule has 0 aromatic carbocycles. The quantitative estimate of drug-likeness (QED) is 0.557. The van der Waals surface area contributed by atoms with Crippen LogP contribution in [0.3, 0.4) is 0 Å². The largest absolute Gasteiger partial charge is 0.387 e. The van der Waals surface area contributed by atoms with Crippen LogP contribution in [-0.2, 0) is 0 Å². The second-order valence-corrected chi connectivity index (χ2v) is 4.78. The average Bonchev–Trinajstić information content (AvgIpc) is 2.73. The van der Waals surface area contributed by atoms with E-state index in [1.54, 1.807) is 0 Å². The molecular weight excluding hydrogens is 214 g/mol. The maximum Gasteiger partial charge on any atom is 0.151 e. The predicted octanol–water partition coefficient (Wildman–Crippen LogP) is 0.727. The number of nitrogens with two attached hydrogens (primary N) is 1. The van der Waals surface area contributed by atoms with Gasteiger partial charge in [-0.15, -0.1) is 0 Å². The molecule has 0 bridgehead atoms. The third kappa shape index (κ3) is 2.29. The van der Waals surface area contributed by atoms with Crippen LogP contribution in [0.15, 0.2) is 27.1 Å². The molecule has 0 aromatic rings. The molecule has 2 unspecified atom stereocenters. The van der Waals surface area contributed by atoms with Crippen molar-refractivity contribution in [2.45, 2.75) is 33.0 Å². The van der Waals surface area contributed by atoms with E-state index >= 15 is 0 Å². The number of aliphatic imine (C=N–C) groups is 3. The fraction of sp³-hybridized carbons (Fsp3) is 0.583. The summed E-state index contributed by atoms with van der Waals surface area (Å²) in [6.45, 7) is 10.6. The summed E-state index contributed by atoms with van der Waals surface area (Å²) in [6.07, 6.45) is -0.0346. The van der Waals surface area contributed by atoms with Gasteiger partial charge in [0.05, 0.1) is 11.6 Å².